The van der Waals surface area contributed by atoms with Crippen molar-refractivity contribution in [3.63, 3.8) is 0 Å². The van der Waals surface area contributed by atoms with Crippen LogP contribution < -0.4 is 0 Å². The third kappa shape index (κ3) is 2.71. The van der Waals surface area contributed by atoms with Gasteiger partial charge in [-0.2, -0.15) is 0 Å². The molecule has 0 spiro atoms. The Labute approximate surface area is 122 Å². The van der Waals surface area contributed by atoms with Gasteiger partial charge in [0.15, 0.2) is 0 Å². The van der Waals surface area contributed by atoms with E-state index in [0.29, 0.717) is 9.84 Å². The predicted molar refractivity (Wildman–Crippen MR) is 84.0 cm³/mol. The Bertz CT molecular complexity index is 486. The van der Waals surface area contributed by atoms with Crippen LogP contribution in [0, 0.1) is 0 Å². The fourth-order valence-electron chi connectivity index (χ4n) is 2.09. The Morgan fingerprint density at radius 3 is 2.22 bits per heavy atom. The van der Waals surface area contributed by atoms with Crippen molar-refractivity contribution in [1.29, 1.82) is 0 Å². The number of rotatable bonds is 3. The molecule has 0 aliphatic heterocycles. The lowest BCUT2D eigenvalue weighted by Crippen LogP contribution is -1.97. The summed E-state index contributed by atoms with van der Waals surface area (Å²) in [5.41, 5.74) is 5.10. The van der Waals surface area contributed by atoms with Gasteiger partial charge in [-0.1, -0.05) is 36.4 Å². The average Bonchev–Trinajstić information content (AvgIpc) is 2.38. The van der Waals surface area contributed by atoms with E-state index < -0.39 is 0 Å². The summed E-state index contributed by atoms with van der Waals surface area (Å²) in [6.07, 6.45) is 7.65. The average molecular weight is 352 g/mol. The third-order valence-corrected chi connectivity index (χ3v) is 3.72. The minimum atomic E-state index is 0.464. The van der Waals surface area contributed by atoms with Crippen LogP contribution in [0.4, 0.5) is 0 Å². The zero-order valence-corrected chi connectivity index (χ0v) is 13.0. The van der Waals surface area contributed by atoms with Crippen molar-refractivity contribution < 1.29 is 0 Å². The number of hydrogen-bond acceptors (Lipinski definition) is 2. The van der Waals surface area contributed by atoms with Gasteiger partial charge in [-0.3, -0.25) is 9.97 Å². The molecule has 2 aromatic rings. The second-order valence-electron chi connectivity index (χ2n) is 4.70. The van der Waals surface area contributed by atoms with E-state index in [-0.39, 0.29) is 0 Å². The van der Waals surface area contributed by atoms with Crippen LogP contribution in [0.5, 0.6) is 0 Å². The topological polar surface area (TPSA) is 25.8 Å². The Kier molecular flexibility index (Phi) is 4.32. The SMILES string of the molecule is CC(C)c1cnccc1-c1cnccc1C(C)I. The van der Waals surface area contributed by atoms with E-state index in [2.05, 4.69) is 65.5 Å². The van der Waals surface area contributed by atoms with Gasteiger partial charge in [0.1, 0.15) is 0 Å². The summed E-state index contributed by atoms with van der Waals surface area (Å²) < 4.78 is 0.466. The first kappa shape index (κ1) is 13.5. The third-order valence-electron chi connectivity index (χ3n) is 3.05. The van der Waals surface area contributed by atoms with Crippen LogP contribution in [-0.2, 0) is 0 Å². The molecule has 0 N–H and O–H groups in total. The lowest BCUT2D eigenvalue weighted by atomic mass is 9.92. The molecule has 0 saturated heterocycles. The highest BCUT2D eigenvalue weighted by molar-refractivity contribution is 14.1. The highest BCUT2D eigenvalue weighted by Crippen LogP contribution is 2.35. The van der Waals surface area contributed by atoms with Gasteiger partial charge in [0.2, 0.25) is 0 Å². The number of hydrogen-bond donors (Lipinski definition) is 0. The Morgan fingerprint density at radius 2 is 1.56 bits per heavy atom. The van der Waals surface area contributed by atoms with Crippen molar-refractivity contribution in [3.8, 4) is 11.1 Å². The zero-order valence-electron chi connectivity index (χ0n) is 10.9. The number of nitrogens with zero attached hydrogens (tertiary/aromatic N) is 2. The van der Waals surface area contributed by atoms with Gasteiger partial charge in [0.25, 0.3) is 0 Å². The van der Waals surface area contributed by atoms with E-state index in [1.165, 1.54) is 22.3 Å². The number of halogens is 1. The first-order valence-electron chi connectivity index (χ1n) is 6.13. The molecule has 0 aromatic carbocycles. The van der Waals surface area contributed by atoms with Crippen molar-refractivity contribution in [1.82, 2.24) is 9.97 Å². The quantitative estimate of drug-likeness (QED) is 0.588. The van der Waals surface area contributed by atoms with Gasteiger partial charge in [-0.15, -0.1) is 0 Å². The lowest BCUT2D eigenvalue weighted by molar-refractivity contribution is 0.860. The first-order chi connectivity index (χ1) is 8.61. The Morgan fingerprint density at radius 1 is 0.889 bits per heavy atom. The Hall–Kier alpha value is -0.970. The summed E-state index contributed by atoms with van der Waals surface area (Å²) in [4.78, 5) is 8.53. The molecular weight excluding hydrogens is 335 g/mol. The Balaban J connectivity index is 2.62. The van der Waals surface area contributed by atoms with E-state index in [1.807, 2.05) is 24.8 Å². The fraction of sp³-hybridized carbons (Fsp3) is 0.333. The van der Waals surface area contributed by atoms with Gasteiger partial charge in [0, 0.05) is 34.3 Å². The summed E-state index contributed by atoms with van der Waals surface area (Å²) in [6.45, 7) is 6.60. The zero-order chi connectivity index (χ0) is 13.1. The van der Waals surface area contributed by atoms with E-state index in [0.717, 1.165) is 0 Å². The molecule has 3 heteroatoms. The van der Waals surface area contributed by atoms with Gasteiger partial charge >= 0.3 is 0 Å². The van der Waals surface area contributed by atoms with Crippen LogP contribution in [-0.4, -0.2) is 9.97 Å². The molecule has 2 nitrogen and oxygen atoms in total. The second-order valence-corrected chi connectivity index (χ2v) is 6.57. The molecule has 2 aromatic heterocycles. The highest BCUT2D eigenvalue weighted by atomic mass is 127. The maximum atomic E-state index is 4.28. The van der Waals surface area contributed by atoms with E-state index in [4.69, 9.17) is 0 Å². The molecule has 0 bridgehead atoms. The van der Waals surface area contributed by atoms with E-state index >= 15 is 0 Å². The molecule has 94 valence electrons. The largest absolute Gasteiger partial charge is 0.264 e. The summed E-state index contributed by atoms with van der Waals surface area (Å²) in [6, 6.07) is 4.20. The summed E-state index contributed by atoms with van der Waals surface area (Å²) in [5.74, 6) is 0.464. The van der Waals surface area contributed by atoms with Gasteiger partial charge < -0.3 is 0 Å². The van der Waals surface area contributed by atoms with Gasteiger partial charge in [0.05, 0.1) is 0 Å². The minimum absolute atomic E-state index is 0.464. The number of pyridine rings is 2. The molecular formula is C15H17IN2. The maximum absolute atomic E-state index is 4.28. The summed E-state index contributed by atoms with van der Waals surface area (Å²) >= 11 is 2.45. The first-order valence-corrected chi connectivity index (χ1v) is 7.38. The smallest absolute Gasteiger partial charge is 0.0349 e. The fourth-order valence-corrected chi connectivity index (χ4v) is 2.63. The minimum Gasteiger partial charge on any atom is -0.264 e. The predicted octanol–water partition coefficient (Wildman–Crippen LogP) is 4.76. The van der Waals surface area contributed by atoms with Crippen LogP contribution in [0.1, 0.15) is 41.7 Å². The van der Waals surface area contributed by atoms with Crippen molar-refractivity contribution in [2.24, 2.45) is 0 Å². The van der Waals surface area contributed by atoms with Gasteiger partial charge in [-0.25, -0.2) is 0 Å². The normalized spacial score (nSPS) is 12.7. The molecule has 1 atom stereocenters. The molecule has 0 saturated carbocycles. The molecule has 0 aliphatic carbocycles. The molecule has 1 unspecified atom stereocenters. The van der Waals surface area contributed by atoms with E-state index in [9.17, 15) is 0 Å². The molecule has 2 rings (SSSR count). The summed E-state index contributed by atoms with van der Waals surface area (Å²) in [7, 11) is 0. The molecule has 0 fully saturated rings. The summed E-state index contributed by atoms with van der Waals surface area (Å²) in [5, 5.41) is 0. The monoisotopic (exact) mass is 352 g/mol. The van der Waals surface area contributed by atoms with Crippen LogP contribution in [0.25, 0.3) is 11.1 Å². The number of aromatic nitrogens is 2. The molecule has 0 amide bonds. The second kappa shape index (κ2) is 5.78. The lowest BCUT2D eigenvalue weighted by Gasteiger charge is -2.16. The maximum Gasteiger partial charge on any atom is 0.0349 e. The van der Waals surface area contributed by atoms with Crippen LogP contribution >= 0.6 is 22.6 Å². The molecule has 0 aliphatic rings. The van der Waals surface area contributed by atoms with Crippen molar-refractivity contribution in [3.05, 3.63) is 48.0 Å². The molecule has 0 radical (unpaired) electrons. The highest BCUT2D eigenvalue weighted by Gasteiger charge is 2.14. The van der Waals surface area contributed by atoms with Gasteiger partial charge in [-0.05, 0) is 41.7 Å². The van der Waals surface area contributed by atoms with Crippen LogP contribution in [0.2, 0.25) is 0 Å². The van der Waals surface area contributed by atoms with Crippen LogP contribution in [0.15, 0.2) is 36.9 Å². The standard InChI is InChI=1S/C15H17IN2/c1-10(2)14-8-17-7-5-13(14)15-9-18-6-4-12(15)11(3)16/h4-11H,1-3H3. The van der Waals surface area contributed by atoms with Crippen molar-refractivity contribution in [2.75, 3.05) is 0 Å². The van der Waals surface area contributed by atoms with Crippen molar-refractivity contribution >= 4 is 22.6 Å². The molecule has 2 heterocycles. The number of alkyl halides is 1. The molecule has 18 heavy (non-hydrogen) atoms. The van der Waals surface area contributed by atoms with Crippen molar-refractivity contribution in [2.45, 2.75) is 30.6 Å². The van der Waals surface area contributed by atoms with Crippen LogP contribution in [0.3, 0.4) is 0 Å². The van der Waals surface area contributed by atoms with E-state index in [1.54, 1.807) is 0 Å².